The number of aliphatic imine (C=N–C) groups is 1. The first-order valence-corrected chi connectivity index (χ1v) is 10.3. The van der Waals surface area contributed by atoms with Gasteiger partial charge in [-0.25, -0.2) is 0 Å². The van der Waals surface area contributed by atoms with E-state index >= 15 is 0 Å². The van der Waals surface area contributed by atoms with Crippen LogP contribution in [-0.2, 0) is 0 Å². The van der Waals surface area contributed by atoms with E-state index in [1.165, 1.54) is 0 Å². The van der Waals surface area contributed by atoms with Gasteiger partial charge in [0.25, 0.3) is 0 Å². The van der Waals surface area contributed by atoms with E-state index in [4.69, 9.17) is 4.99 Å². The molecule has 27 heavy (non-hydrogen) atoms. The first-order valence-electron chi connectivity index (χ1n) is 8.60. The van der Waals surface area contributed by atoms with Gasteiger partial charge in [0.1, 0.15) is 5.75 Å². The molecular formula is C22H14BrNO2S. The van der Waals surface area contributed by atoms with E-state index in [-0.39, 0.29) is 16.8 Å². The third kappa shape index (κ3) is 2.65. The lowest BCUT2D eigenvalue weighted by atomic mass is 9.93. The van der Waals surface area contributed by atoms with Crippen LogP contribution in [0.25, 0.3) is 0 Å². The minimum Gasteiger partial charge on any atom is -0.508 e. The number of Topliss-reactive ketones (excluding diaryl/α,β-unsaturated/α-hetero) is 1. The van der Waals surface area contributed by atoms with Gasteiger partial charge in [0.2, 0.25) is 0 Å². The smallest absolute Gasteiger partial charge is 0.174 e. The number of nitrogens with zero attached hydrogens (tertiary/aromatic N) is 1. The van der Waals surface area contributed by atoms with Gasteiger partial charge < -0.3 is 5.11 Å². The molecule has 0 spiro atoms. The molecule has 1 aliphatic carbocycles. The van der Waals surface area contributed by atoms with Crippen molar-refractivity contribution in [3.8, 4) is 5.75 Å². The normalized spacial score (nSPS) is 20.3. The number of para-hydroxylation sites is 1. The van der Waals surface area contributed by atoms with Crippen molar-refractivity contribution in [1.29, 1.82) is 0 Å². The Balaban J connectivity index is 1.78. The van der Waals surface area contributed by atoms with E-state index in [1.54, 1.807) is 23.9 Å². The zero-order valence-corrected chi connectivity index (χ0v) is 16.5. The van der Waals surface area contributed by atoms with Crippen molar-refractivity contribution in [1.82, 2.24) is 0 Å². The average Bonchev–Trinajstić information content (AvgIpc) is 2.85. The van der Waals surface area contributed by atoms with Crippen molar-refractivity contribution in [3.63, 3.8) is 0 Å². The standard InChI is InChI=1S/C22H14BrNO2S/c23-12-9-10-17(25)15(11-12)22-19-20(13-5-1-2-6-14(13)21(19)26)24-16-7-3-4-8-18(16)27-22/h1-11,19,22,25H/t19-,22-/m0/s1. The molecule has 1 aliphatic heterocycles. The molecule has 1 N–H and O–H groups in total. The molecule has 0 amide bonds. The van der Waals surface area contributed by atoms with Crippen molar-refractivity contribution in [2.24, 2.45) is 10.9 Å². The number of halogens is 1. The number of phenolic OH excluding ortho intramolecular Hbond substituents is 1. The first kappa shape index (κ1) is 16.8. The molecule has 0 unspecified atom stereocenters. The number of ketones is 1. The van der Waals surface area contributed by atoms with Gasteiger partial charge in [-0.3, -0.25) is 9.79 Å². The Labute approximate surface area is 169 Å². The third-order valence-corrected chi connectivity index (χ3v) is 6.88. The summed E-state index contributed by atoms with van der Waals surface area (Å²) in [6.07, 6.45) is 0. The highest BCUT2D eigenvalue weighted by Gasteiger charge is 2.44. The van der Waals surface area contributed by atoms with Gasteiger partial charge in [-0.15, -0.1) is 11.8 Å². The van der Waals surface area contributed by atoms with Crippen LogP contribution in [0.15, 0.2) is 81.1 Å². The minimum absolute atomic E-state index is 0.0639. The fourth-order valence-electron chi connectivity index (χ4n) is 3.77. The van der Waals surface area contributed by atoms with Gasteiger partial charge in [-0.2, -0.15) is 0 Å². The number of hydrogen-bond donors (Lipinski definition) is 1. The molecule has 1 heterocycles. The molecule has 0 aromatic heterocycles. The lowest BCUT2D eigenvalue weighted by molar-refractivity contribution is 0.0960. The number of thioether (sulfide) groups is 1. The molecule has 0 saturated heterocycles. The highest BCUT2D eigenvalue weighted by molar-refractivity contribution is 9.10. The summed E-state index contributed by atoms with van der Waals surface area (Å²) in [5, 5.41) is 10.3. The van der Waals surface area contributed by atoms with Crippen molar-refractivity contribution in [2.45, 2.75) is 10.1 Å². The summed E-state index contributed by atoms with van der Waals surface area (Å²) in [5.74, 6) is -0.174. The Kier molecular flexibility index (Phi) is 3.95. The highest BCUT2D eigenvalue weighted by Crippen LogP contribution is 2.53. The second-order valence-corrected chi connectivity index (χ2v) is 8.69. The molecule has 3 aromatic carbocycles. The fourth-order valence-corrected chi connectivity index (χ4v) is 5.52. The first-order chi connectivity index (χ1) is 13.1. The number of benzene rings is 3. The molecule has 2 aliphatic rings. The zero-order valence-electron chi connectivity index (χ0n) is 14.1. The fraction of sp³-hybridized carbons (Fsp3) is 0.0909. The molecule has 0 fully saturated rings. The van der Waals surface area contributed by atoms with E-state index in [0.717, 1.165) is 31.9 Å². The Hall–Kier alpha value is -2.37. The molecule has 0 bridgehead atoms. The summed E-state index contributed by atoms with van der Waals surface area (Å²) >= 11 is 5.08. The van der Waals surface area contributed by atoms with Crippen LogP contribution in [0.1, 0.15) is 26.7 Å². The molecule has 132 valence electrons. The Morgan fingerprint density at radius 1 is 0.963 bits per heavy atom. The van der Waals surface area contributed by atoms with E-state index < -0.39 is 5.92 Å². The van der Waals surface area contributed by atoms with Crippen molar-refractivity contribution < 1.29 is 9.90 Å². The lowest BCUT2D eigenvalue weighted by Crippen LogP contribution is -2.22. The number of carbonyl (C=O) groups is 1. The summed E-state index contributed by atoms with van der Waals surface area (Å²) in [6, 6.07) is 20.9. The molecule has 3 aromatic rings. The number of phenols is 1. The Morgan fingerprint density at radius 3 is 2.56 bits per heavy atom. The van der Waals surface area contributed by atoms with Gasteiger partial charge in [-0.05, 0) is 30.3 Å². The largest absolute Gasteiger partial charge is 0.508 e. The average molecular weight is 436 g/mol. The van der Waals surface area contributed by atoms with Crippen LogP contribution in [0.4, 0.5) is 5.69 Å². The van der Waals surface area contributed by atoms with Crippen LogP contribution >= 0.6 is 27.7 Å². The SMILES string of the molecule is O=C1c2ccccc2C2=Nc3ccccc3S[C@@H](c3cc(Br)ccc3O)[C@H]12. The van der Waals surface area contributed by atoms with Crippen molar-refractivity contribution in [2.75, 3.05) is 0 Å². The van der Waals surface area contributed by atoms with Crippen molar-refractivity contribution >= 4 is 44.9 Å². The summed E-state index contributed by atoms with van der Waals surface area (Å²) in [5.41, 5.74) is 4.00. The molecule has 5 heteroatoms. The van der Waals surface area contributed by atoms with Crippen LogP contribution in [0, 0.1) is 5.92 Å². The molecule has 2 atom stereocenters. The van der Waals surface area contributed by atoms with Gasteiger partial charge in [0.15, 0.2) is 5.78 Å². The summed E-state index contributed by atoms with van der Waals surface area (Å²) < 4.78 is 0.870. The van der Waals surface area contributed by atoms with Crippen LogP contribution < -0.4 is 0 Å². The number of aromatic hydroxyl groups is 1. The van der Waals surface area contributed by atoms with Gasteiger partial charge >= 0.3 is 0 Å². The maximum Gasteiger partial charge on any atom is 0.174 e. The zero-order chi connectivity index (χ0) is 18.5. The Bertz CT molecular complexity index is 1120. The van der Waals surface area contributed by atoms with Gasteiger partial charge in [-0.1, -0.05) is 52.3 Å². The second-order valence-electron chi connectivity index (χ2n) is 6.59. The topological polar surface area (TPSA) is 49.7 Å². The predicted octanol–water partition coefficient (Wildman–Crippen LogP) is 5.94. The minimum atomic E-state index is -0.431. The second kappa shape index (κ2) is 6.36. The third-order valence-electron chi connectivity index (χ3n) is 5.00. The number of fused-ring (bicyclic) bond motifs is 4. The van der Waals surface area contributed by atoms with Crippen LogP contribution in [-0.4, -0.2) is 16.6 Å². The lowest BCUT2D eigenvalue weighted by Gasteiger charge is -2.22. The number of rotatable bonds is 1. The molecule has 0 saturated carbocycles. The van der Waals surface area contributed by atoms with Crippen LogP contribution in [0.3, 0.4) is 0 Å². The maximum absolute atomic E-state index is 13.3. The maximum atomic E-state index is 13.3. The molecule has 3 nitrogen and oxygen atoms in total. The molecule has 0 radical (unpaired) electrons. The monoisotopic (exact) mass is 435 g/mol. The number of hydrogen-bond acceptors (Lipinski definition) is 4. The summed E-state index contributed by atoms with van der Waals surface area (Å²) in [4.78, 5) is 19.2. The predicted molar refractivity (Wildman–Crippen MR) is 111 cm³/mol. The number of carbonyl (C=O) groups excluding carboxylic acids is 1. The van der Waals surface area contributed by atoms with E-state index in [1.807, 2.05) is 54.6 Å². The van der Waals surface area contributed by atoms with E-state index in [2.05, 4.69) is 15.9 Å². The van der Waals surface area contributed by atoms with E-state index in [9.17, 15) is 9.90 Å². The molecule has 5 rings (SSSR count). The summed E-state index contributed by atoms with van der Waals surface area (Å²) in [7, 11) is 0. The summed E-state index contributed by atoms with van der Waals surface area (Å²) in [6.45, 7) is 0. The van der Waals surface area contributed by atoms with Gasteiger partial charge in [0.05, 0.1) is 22.6 Å². The molecular weight excluding hydrogens is 422 g/mol. The van der Waals surface area contributed by atoms with Crippen molar-refractivity contribution in [3.05, 3.63) is 87.9 Å². The Morgan fingerprint density at radius 2 is 1.70 bits per heavy atom. The van der Waals surface area contributed by atoms with E-state index in [0.29, 0.717) is 5.56 Å². The quantitative estimate of drug-likeness (QED) is 0.514. The highest BCUT2D eigenvalue weighted by atomic mass is 79.9. The van der Waals surface area contributed by atoms with Crippen LogP contribution in [0.5, 0.6) is 5.75 Å². The van der Waals surface area contributed by atoms with Gasteiger partial charge in [0, 0.05) is 26.1 Å². The van der Waals surface area contributed by atoms with Crippen LogP contribution in [0.2, 0.25) is 0 Å².